The van der Waals surface area contributed by atoms with Crippen LogP contribution >= 0.6 is 23.4 Å². The van der Waals surface area contributed by atoms with Crippen LogP contribution in [0.5, 0.6) is 0 Å². The Morgan fingerprint density at radius 1 is 1.36 bits per heavy atom. The molecule has 1 aliphatic heterocycles. The summed E-state index contributed by atoms with van der Waals surface area (Å²) in [6.07, 6.45) is 2.05. The minimum atomic E-state index is -0.00293. The molecule has 0 bridgehead atoms. The van der Waals surface area contributed by atoms with Crippen molar-refractivity contribution < 1.29 is 9.53 Å². The third-order valence-corrected chi connectivity index (χ3v) is 5.78. The predicted molar refractivity (Wildman–Crippen MR) is 115 cm³/mol. The van der Waals surface area contributed by atoms with Crippen molar-refractivity contribution in [2.24, 2.45) is 0 Å². The number of carbonyl (C=O) groups excluding carboxylic acids is 1. The first-order valence-electron chi connectivity index (χ1n) is 10.0. The summed E-state index contributed by atoms with van der Waals surface area (Å²) >= 11 is 7.46. The van der Waals surface area contributed by atoms with Crippen molar-refractivity contribution in [1.29, 1.82) is 0 Å². The summed E-state index contributed by atoms with van der Waals surface area (Å²) in [5.41, 5.74) is 0. The number of amides is 1. The van der Waals surface area contributed by atoms with Crippen LogP contribution in [0.15, 0.2) is 11.2 Å². The van der Waals surface area contributed by atoms with Gasteiger partial charge in [-0.15, -0.1) is 0 Å². The number of nitrogens with one attached hydrogen (secondary N) is 1. The number of rotatable bonds is 11. The number of carbonyl (C=O) groups is 1. The number of hydrogen-bond donors (Lipinski definition) is 1. The monoisotopic (exact) mass is 429 g/mol. The van der Waals surface area contributed by atoms with Crippen molar-refractivity contribution >= 4 is 35.1 Å². The van der Waals surface area contributed by atoms with Crippen LogP contribution in [0.1, 0.15) is 33.6 Å². The third kappa shape index (κ3) is 8.11. The van der Waals surface area contributed by atoms with Crippen molar-refractivity contribution in [2.45, 2.75) is 44.8 Å². The van der Waals surface area contributed by atoms with Crippen LogP contribution in [0.4, 0.5) is 5.82 Å². The molecule has 1 aromatic heterocycles. The van der Waals surface area contributed by atoms with E-state index in [9.17, 15) is 4.79 Å². The first-order valence-corrected chi connectivity index (χ1v) is 11.4. The lowest BCUT2D eigenvalue weighted by Crippen LogP contribution is -2.37. The summed E-state index contributed by atoms with van der Waals surface area (Å²) in [5, 5.41) is 3.98. The van der Waals surface area contributed by atoms with E-state index in [0.717, 1.165) is 51.4 Å². The van der Waals surface area contributed by atoms with Gasteiger partial charge in [-0.3, -0.25) is 4.79 Å². The van der Waals surface area contributed by atoms with Gasteiger partial charge in [0.15, 0.2) is 5.16 Å². The van der Waals surface area contributed by atoms with Crippen LogP contribution in [0.2, 0.25) is 5.15 Å². The van der Waals surface area contributed by atoms with Gasteiger partial charge in [0.25, 0.3) is 0 Å². The fraction of sp³-hybridized carbons (Fsp3) is 0.737. The molecular formula is C19H32ClN5O2S. The number of hydrogen-bond acceptors (Lipinski definition) is 7. The van der Waals surface area contributed by atoms with Gasteiger partial charge < -0.3 is 19.9 Å². The molecule has 1 unspecified atom stereocenters. The van der Waals surface area contributed by atoms with Crippen LogP contribution < -0.4 is 10.2 Å². The normalized spacial score (nSPS) is 15.7. The van der Waals surface area contributed by atoms with Gasteiger partial charge in [0.2, 0.25) is 5.91 Å². The van der Waals surface area contributed by atoms with E-state index in [0.29, 0.717) is 23.5 Å². The molecular weight excluding hydrogens is 398 g/mol. The van der Waals surface area contributed by atoms with Crippen LogP contribution in [-0.2, 0) is 9.53 Å². The first-order chi connectivity index (χ1) is 13.5. The molecule has 0 saturated carbocycles. The molecule has 1 aliphatic rings. The average Bonchev–Trinajstić information content (AvgIpc) is 2.70. The molecule has 1 fully saturated rings. The van der Waals surface area contributed by atoms with Gasteiger partial charge in [0.1, 0.15) is 11.0 Å². The van der Waals surface area contributed by atoms with Gasteiger partial charge >= 0.3 is 0 Å². The molecule has 1 atom stereocenters. The van der Waals surface area contributed by atoms with Gasteiger partial charge in [-0.25, -0.2) is 9.97 Å². The summed E-state index contributed by atoms with van der Waals surface area (Å²) in [5.74, 6) is 1.07. The predicted octanol–water partition coefficient (Wildman–Crippen LogP) is 2.69. The number of thioether (sulfide) groups is 1. The minimum Gasteiger partial charge on any atom is -0.378 e. The van der Waals surface area contributed by atoms with E-state index >= 15 is 0 Å². The SMILES string of the molecule is CCN(CC)CCCC(C)NC(=O)CSc1nc(Cl)cc(N2CCOCC2)n1. The lowest BCUT2D eigenvalue weighted by Gasteiger charge is -2.27. The summed E-state index contributed by atoms with van der Waals surface area (Å²) in [7, 11) is 0. The van der Waals surface area contributed by atoms with Crippen molar-refractivity contribution in [3.8, 4) is 0 Å². The number of anilines is 1. The third-order valence-electron chi connectivity index (χ3n) is 4.74. The quantitative estimate of drug-likeness (QED) is 0.329. The molecule has 158 valence electrons. The van der Waals surface area contributed by atoms with Gasteiger partial charge in [0, 0.05) is 25.2 Å². The Bertz CT molecular complexity index is 612. The van der Waals surface area contributed by atoms with E-state index in [1.54, 1.807) is 6.07 Å². The number of nitrogens with zero attached hydrogens (tertiary/aromatic N) is 4. The zero-order chi connectivity index (χ0) is 20.4. The topological polar surface area (TPSA) is 70.6 Å². The van der Waals surface area contributed by atoms with Crippen LogP contribution in [-0.4, -0.2) is 78.5 Å². The molecule has 0 aliphatic carbocycles. The molecule has 7 nitrogen and oxygen atoms in total. The van der Waals surface area contributed by atoms with Crippen LogP contribution in [0, 0.1) is 0 Å². The fourth-order valence-electron chi connectivity index (χ4n) is 3.08. The molecule has 28 heavy (non-hydrogen) atoms. The van der Waals surface area contributed by atoms with Gasteiger partial charge in [0.05, 0.1) is 19.0 Å². The largest absolute Gasteiger partial charge is 0.378 e. The lowest BCUT2D eigenvalue weighted by molar-refractivity contribution is -0.119. The molecule has 0 radical (unpaired) electrons. The molecule has 0 spiro atoms. The Hall–Kier alpha value is -1.09. The minimum absolute atomic E-state index is 0.00293. The molecule has 1 amide bonds. The standard InChI is InChI=1S/C19H32ClN5O2S/c1-4-24(5-2)8-6-7-15(3)21-18(26)14-28-19-22-16(20)13-17(23-19)25-9-11-27-12-10-25/h13,15H,4-12,14H2,1-3H3,(H,21,26). The second kappa shape index (κ2) is 12.5. The Kier molecular flexibility index (Phi) is 10.3. The summed E-state index contributed by atoms with van der Waals surface area (Å²) in [6, 6.07) is 1.92. The van der Waals surface area contributed by atoms with E-state index in [-0.39, 0.29) is 17.7 Å². The van der Waals surface area contributed by atoms with E-state index in [4.69, 9.17) is 16.3 Å². The second-order valence-corrected chi connectivity index (χ2v) is 8.19. The van der Waals surface area contributed by atoms with Crippen LogP contribution in [0.3, 0.4) is 0 Å². The zero-order valence-corrected chi connectivity index (χ0v) is 18.7. The smallest absolute Gasteiger partial charge is 0.230 e. The molecule has 0 aromatic carbocycles. The molecule has 1 N–H and O–H groups in total. The maximum Gasteiger partial charge on any atom is 0.230 e. The zero-order valence-electron chi connectivity index (χ0n) is 17.1. The fourth-order valence-corrected chi connectivity index (χ4v) is 3.98. The average molecular weight is 430 g/mol. The van der Waals surface area contributed by atoms with Crippen molar-refractivity contribution in [3.63, 3.8) is 0 Å². The van der Waals surface area contributed by atoms with Crippen molar-refractivity contribution in [3.05, 3.63) is 11.2 Å². The second-order valence-electron chi connectivity index (χ2n) is 6.86. The summed E-state index contributed by atoms with van der Waals surface area (Å²) in [6.45, 7) is 12.5. The number of halogens is 1. The van der Waals surface area contributed by atoms with Crippen molar-refractivity contribution in [1.82, 2.24) is 20.2 Å². The highest BCUT2D eigenvalue weighted by Gasteiger charge is 2.16. The van der Waals surface area contributed by atoms with E-state index < -0.39 is 0 Å². The Morgan fingerprint density at radius 3 is 2.75 bits per heavy atom. The lowest BCUT2D eigenvalue weighted by atomic mass is 10.2. The Labute approximate surface area is 177 Å². The van der Waals surface area contributed by atoms with E-state index in [2.05, 4.69) is 45.9 Å². The molecule has 9 heteroatoms. The Morgan fingerprint density at radius 2 is 2.07 bits per heavy atom. The molecule has 1 aromatic rings. The van der Waals surface area contributed by atoms with Gasteiger partial charge in [-0.1, -0.05) is 37.2 Å². The van der Waals surface area contributed by atoms with E-state index in [1.807, 2.05) is 0 Å². The van der Waals surface area contributed by atoms with Gasteiger partial charge in [-0.2, -0.15) is 0 Å². The Balaban J connectivity index is 1.76. The molecule has 2 rings (SSSR count). The molecule has 1 saturated heterocycles. The summed E-state index contributed by atoms with van der Waals surface area (Å²) < 4.78 is 5.37. The number of aromatic nitrogens is 2. The highest BCUT2D eigenvalue weighted by atomic mass is 35.5. The highest BCUT2D eigenvalue weighted by Crippen LogP contribution is 2.22. The maximum absolute atomic E-state index is 12.2. The van der Waals surface area contributed by atoms with Crippen LogP contribution in [0.25, 0.3) is 0 Å². The molecule has 2 heterocycles. The van der Waals surface area contributed by atoms with E-state index in [1.165, 1.54) is 11.8 Å². The maximum atomic E-state index is 12.2. The summed E-state index contributed by atoms with van der Waals surface area (Å²) in [4.78, 5) is 25.6. The first kappa shape index (κ1) is 23.2. The number of morpholine rings is 1. The number of ether oxygens (including phenoxy) is 1. The van der Waals surface area contributed by atoms with Gasteiger partial charge in [-0.05, 0) is 39.4 Å². The van der Waals surface area contributed by atoms with Crippen molar-refractivity contribution in [2.75, 3.05) is 56.6 Å². The highest BCUT2D eigenvalue weighted by molar-refractivity contribution is 7.99.